The van der Waals surface area contributed by atoms with Crippen LogP contribution < -0.4 is 11.1 Å². The van der Waals surface area contributed by atoms with Gasteiger partial charge in [-0.15, -0.1) is 0 Å². The average molecular weight is 541 g/mol. The van der Waals surface area contributed by atoms with Crippen molar-refractivity contribution in [3.8, 4) is 0 Å². The van der Waals surface area contributed by atoms with E-state index in [1.165, 1.54) is 11.1 Å². The Kier molecular flexibility index (Phi) is 10.6. The van der Waals surface area contributed by atoms with Gasteiger partial charge in [0.15, 0.2) is 23.2 Å². The number of aliphatic hydroxyl groups is 1. The van der Waals surface area contributed by atoms with Gasteiger partial charge in [-0.05, 0) is 44.9 Å². The summed E-state index contributed by atoms with van der Waals surface area (Å²) in [4.78, 5) is 29.0. The predicted octanol–water partition coefficient (Wildman–Crippen LogP) is 3.57. The minimum absolute atomic E-state index is 0.0377. The smallest absolute Gasteiger partial charge is 0.256 e. The predicted molar refractivity (Wildman–Crippen MR) is 135 cm³/mol. The van der Waals surface area contributed by atoms with Crippen LogP contribution in [0.3, 0.4) is 0 Å². The molecule has 4 rings (SSSR count). The SMILES string of the molecule is CC.CC1(C)OCC(CO)O1.Cc1cnc(Nc2c(C(=O)N3CC(C(N)=O)C3)cc(F)c(F)c2F)c(C)c1. The molecule has 2 aliphatic rings. The summed E-state index contributed by atoms with van der Waals surface area (Å²) in [5.74, 6) is -6.80. The number of primary amides is 1. The average Bonchev–Trinajstić information content (AvgIpc) is 3.20. The van der Waals surface area contributed by atoms with E-state index in [0.29, 0.717) is 18.2 Å². The summed E-state index contributed by atoms with van der Waals surface area (Å²) in [7, 11) is 0. The number of nitrogens with two attached hydrogens (primary N) is 1. The van der Waals surface area contributed by atoms with Gasteiger partial charge in [0.25, 0.3) is 5.91 Å². The lowest BCUT2D eigenvalue weighted by atomic mass is 9.97. The zero-order chi connectivity index (χ0) is 28.8. The van der Waals surface area contributed by atoms with Crippen LogP contribution >= 0.6 is 0 Å². The highest BCUT2D eigenvalue weighted by Crippen LogP contribution is 2.31. The van der Waals surface area contributed by atoms with Crippen molar-refractivity contribution in [2.75, 3.05) is 31.6 Å². The molecule has 0 aliphatic carbocycles. The van der Waals surface area contributed by atoms with Crippen molar-refractivity contribution in [3.63, 3.8) is 0 Å². The number of aliphatic hydroxyl groups excluding tert-OH is 1. The van der Waals surface area contributed by atoms with Crippen LogP contribution in [-0.4, -0.2) is 65.0 Å². The fourth-order valence-corrected chi connectivity index (χ4v) is 3.70. The largest absolute Gasteiger partial charge is 0.394 e. The number of aryl methyl sites for hydroxylation is 2. The Hall–Kier alpha value is -3.22. The van der Waals surface area contributed by atoms with Crippen LogP contribution in [0.4, 0.5) is 24.7 Å². The Labute approximate surface area is 220 Å². The first kappa shape index (κ1) is 31.0. The molecular weight excluding hydrogens is 505 g/mol. The van der Waals surface area contributed by atoms with Gasteiger partial charge in [-0.25, -0.2) is 18.2 Å². The molecule has 1 atom stereocenters. The number of ether oxygens (including phenoxy) is 2. The first-order valence-electron chi connectivity index (χ1n) is 12.2. The number of carbonyl (C=O) groups excluding carboxylic acids is 2. The highest BCUT2D eigenvalue weighted by atomic mass is 19.2. The van der Waals surface area contributed by atoms with Gasteiger partial charge in [0.05, 0.1) is 30.4 Å². The van der Waals surface area contributed by atoms with E-state index in [-0.39, 0.29) is 31.6 Å². The van der Waals surface area contributed by atoms with Crippen molar-refractivity contribution in [2.24, 2.45) is 11.7 Å². The number of aromatic nitrogens is 1. The van der Waals surface area contributed by atoms with E-state index in [2.05, 4.69) is 10.3 Å². The Bertz CT molecular complexity index is 1160. The zero-order valence-corrected chi connectivity index (χ0v) is 22.4. The molecule has 9 nitrogen and oxygen atoms in total. The number of hydrogen-bond donors (Lipinski definition) is 3. The number of nitrogens with zero attached hydrogens (tertiary/aromatic N) is 2. The molecule has 0 spiro atoms. The number of nitrogens with one attached hydrogen (secondary N) is 1. The van der Waals surface area contributed by atoms with E-state index in [1.54, 1.807) is 13.0 Å². The van der Waals surface area contributed by atoms with Crippen LogP contribution in [0.25, 0.3) is 0 Å². The van der Waals surface area contributed by atoms with Gasteiger partial charge in [0.2, 0.25) is 5.91 Å². The maximum atomic E-state index is 14.4. The molecule has 0 saturated carbocycles. The monoisotopic (exact) mass is 540 g/mol. The molecule has 1 aromatic carbocycles. The minimum atomic E-state index is -1.70. The Morgan fingerprint density at radius 2 is 1.82 bits per heavy atom. The topological polar surface area (TPSA) is 127 Å². The molecule has 4 N–H and O–H groups in total. The summed E-state index contributed by atoms with van der Waals surface area (Å²) in [6, 6.07) is 2.39. The number of rotatable bonds is 5. The normalized spacial score (nSPS) is 17.9. The fourth-order valence-electron chi connectivity index (χ4n) is 3.70. The molecule has 0 bridgehead atoms. The molecule has 210 valence electrons. The van der Waals surface area contributed by atoms with Gasteiger partial charge < -0.3 is 30.5 Å². The van der Waals surface area contributed by atoms with Crippen LogP contribution in [0.1, 0.15) is 49.2 Å². The van der Waals surface area contributed by atoms with Gasteiger partial charge in [0, 0.05) is 19.3 Å². The highest BCUT2D eigenvalue weighted by Gasteiger charge is 2.37. The molecule has 2 fully saturated rings. The van der Waals surface area contributed by atoms with E-state index in [0.717, 1.165) is 5.56 Å². The third kappa shape index (κ3) is 7.42. The molecule has 3 heterocycles. The maximum absolute atomic E-state index is 14.4. The standard InChI is InChI=1S/C18H17F3N4O2.C6H12O3.C2H6/c1-8-3-9(2)17(23-5-8)24-15-11(4-12(19)13(20)14(15)21)18(27)25-6-10(7-25)16(22)26;1-6(2)8-4-5(3-7)9-6;1-2/h3-5,10H,6-7H2,1-2H3,(H2,22,26)(H,23,24);5,7H,3-4H2,1-2H3;1-2H3. The number of hydrogen-bond acceptors (Lipinski definition) is 7. The molecule has 1 unspecified atom stereocenters. The lowest BCUT2D eigenvalue weighted by Crippen LogP contribution is -2.54. The molecule has 0 radical (unpaired) electrons. The molecule has 38 heavy (non-hydrogen) atoms. The van der Waals surface area contributed by atoms with Gasteiger partial charge in [-0.2, -0.15) is 0 Å². The quantitative estimate of drug-likeness (QED) is 0.495. The third-order valence-electron chi connectivity index (χ3n) is 5.69. The van der Waals surface area contributed by atoms with Gasteiger partial charge in [-0.3, -0.25) is 9.59 Å². The number of benzene rings is 1. The third-order valence-corrected chi connectivity index (χ3v) is 5.69. The van der Waals surface area contributed by atoms with Crippen LogP contribution in [0.15, 0.2) is 18.3 Å². The number of carbonyl (C=O) groups is 2. The summed E-state index contributed by atoms with van der Waals surface area (Å²) in [6.07, 6.45) is 1.39. The lowest BCUT2D eigenvalue weighted by molar-refractivity contribution is -0.142. The second-order valence-electron chi connectivity index (χ2n) is 9.15. The van der Waals surface area contributed by atoms with Crippen molar-refractivity contribution >= 4 is 23.3 Å². The second-order valence-corrected chi connectivity index (χ2v) is 9.15. The number of amides is 2. The first-order valence-corrected chi connectivity index (χ1v) is 12.2. The summed E-state index contributed by atoms with van der Waals surface area (Å²) in [6.45, 7) is 11.8. The van der Waals surface area contributed by atoms with E-state index in [4.69, 9.17) is 20.3 Å². The number of anilines is 2. The molecule has 2 aliphatic heterocycles. The lowest BCUT2D eigenvalue weighted by Gasteiger charge is -2.37. The van der Waals surface area contributed by atoms with E-state index in [1.807, 2.05) is 34.6 Å². The van der Waals surface area contributed by atoms with Gasteiger partial charge in [-0.1, -0.05) is 19.9 Å². The molecule has 2 saturated heterocycles. The molecule has 1 aromatic heterocycles. The zero-order valence-electron chi connectivity index (χ0n) is 22.4. The van der Waals surface area contributed by atoms with Crippen LogP contribution in [0.5, 0.6) is 0 Å². The van der Waals surface area contributed by atoms with Crippen molar-refractivity contribution in [1.29, 1.82) is 0 Å². The summed E-state index contributed by atoms with van der Waals surface area (Å²) < 4.78 is 52.3. The van der Waals surface area contributed by atoms with Crippen LogP contribution in [0.2, 0.25) is 0 Å². The number of halogens is 3. The Morgan fingerprint density at radius 1 is 1.18 bits per heavy atom. The summed E-state index contributed by atoms with van der Waals surface area (Å²) in [5.41, 5.74) is 5.75. The highest BCUT2D eigenvalue weighted by molar-refractivity contribution is 6.01. The van der Waals surface area contributed by atoms with Crippen molar-refractivity contribution < 1.29 is 37.3 Å². The number of likely N-dealkylation sites (tertiary alicyclic amines) is 1. The van der Waals surface area contributed by atoms with Gasteiger partial charge in [0.1, 0.15) is 11.9 Å². The van der Waals surface area contributed by atoms with Crippen molar-refractivity contribution in [3.05, 3.63) is 52.5 Å². The molecule has 12 heteroatoms. The second kappa shape index (κ2) is 13.0. The molecule has 2 amide bonds. The minimum Gasteiger partial charge on any atom is -0.394 e. The van der Waals surface area contributed by atoms with Crippen LogP contribution in [-0.2, 0) is 14.3 Å². The van der Waals surface area contributed by atoms with Crippen molar-refractivity contribution in [1.82, 2.24) is 9.88 Å². The Morgan fingerprint density at radius 3 is 2.29 bits per heavy atom. The molecule has 2 aromatic rings. The summed E-state index contributed by atoms with van der Waals surface area (Å²) >= 11 is 0. The maximum Gasteiger partial charge on any atom is 0.256 e. The van der Waals surface area contributed by atoms with E-state index < -0.39 is 52.2 Å². The fraction of sp³-hybridized carbons (Fsp3) is 0.500. The van der Waals surface area contributed by atoms with Crippen LogP contribution in [0, 0.1) is 37.2 Å². The summed E-state index contributed by atoms with van der Waals surface area (Å²) in [5, 5.41) is 11.2. The van der Waals surface area contributed by atoms with E-state index in [9.17, 15) is 22.8 Å². The Balaban J connectivity index is 0.000000387. The molecular formula is C26H35F3N4O5. The first-order chi connectivity index (χ1) is 17.8. The van der Waals surface area contributed by atoms with Gasteiger partial charge >= 0.3 is 0 Å². The van der Waals surface area contributed by atoms with E-state index >= 15 is 0 Å². The number of pyridine rings is 1. The van der Waals surface area contributed by atoms with Crippen molar-refractivity contribution in [2.45, 2.75) is 53.4 Å².